The van der Waals surface area contributed by atoms with Gasteiger partial charge in [0.05, 0.1) is 0 Å². The average Bonchev–Trinajstić information content (AvgIpc) is 2.49. The molecule has 1 aromatic carbocycles. The minimum Gasteiger partial charge on any atom is -0.437 e. The molecule has 0 spiro atoms. The summed E-state index contributed by atoms with van der Waals surface area (Å²) in [5.41, 5.74) is 7.60. The van der Waals surface area contributed by atoms with Gasteiger partial charge in [0, 0.05) is 20.3 Å². The topological polar surface area (TPSA) is 82.3 Å². The summed E-state index contributed by atoms with van der Waals surface area (Å²) in [6, 6.07) is 7.69. The van der Waals surface area contributed by atoms with Crippen molar-refractivity contribution in [1.29, 1.82) is 0 Å². The number of anilines is 2. The summed E-state index contributed by atoms with van der Waals surface area (Å²) in [4.78, 5) is 8.20. The lowest BCUT2D eigenvalue weighted by molar-refractivity contribution is 0.198. The van der Waals surface area contributed by atoms with Crippen LogP contribution in [0.25, 0.3) is 0 Å². The van der Waals surface area contributed by atoms with Crippen molar-refractivity contribution < 1.29 is 9.47 Å². The van der Waals surface area contributed by atoms with Gasteiger partial charge in [-0.3, -0.25) is 0 Å². The zero-order valence-electron chi connectivity index (χ0n) is 12.3. The Hall–Kier alpha value is -2.34. The van der Waals surface area contributed by atoms with E-state index in [1.165, 1.54) is 11.9 Å². The van der Waals surface area contributed by atoms with E-state index >= 15 is 0 Å². The number of methoxy groups -OCH3 is 1. The van der Waals surface area contributed by atoms with Crippen molar-refractivity contribution in [2.24, 2.45) is 0 Å². The Labute approximate surface area is 124 Å². The van der Waals surface area contributed by atoms with Crippen molar-refractivity contribution in [3.63, 3.8) is 0 Å². The average molecular weight is 288 g/mol. The summed E-state index contributed by atoms with van der Waals surface area (Å²) in [6.45, 7) is 3.43. The van der Waals surface area contributed by atoms with Gasteiger partial charge in [-0.2, -0.15) is 4.98 Å². The van der Waals surface area contributed by atoms with Crippen molar-refractivity contribution >= 4 is 11.5 Å². The monoisotopic (exact) mass is 288 g/mol. The van der Waals surface area contributed by atoms with Gasteiger partial charge in [0.15, 0.2) is 5.82 Å². The minimum absolute atomic E-state index is 0.350. The normalized spacial score (nSPS) is 10.4. The van der Waals surface area contributed by atoms with Crippen LogP contribution in [0.4, 0.5) is 11.5 Å². The van der Waals surface area contributed by atoms with Crippen LogP contribution in [-0.2, 0) is 4.74 Å². The number of nitrogens with one attached hydrogen (secondary N) is 1. The van der Waals surface area contributed by atoms with Gasteiger partial charge >= 0.3 is 0 Å². The lowest BCUT2D eigenvalue weighted by atomic mass is 10.2. The van der Waals surface area contributed by atoms with E-state index in [4.69, 9.17) is 15.2 Å². The first-order chi connectivity index (χ1) is 10.2. The molecule has 0 saturated carbocycles. The molecule has 1 aromatic heterocycles. The Balaban J connectivity index is 2.04. The fourth-order valence-corrected chi connectivity index (χ4v) is 1.74. The molecule has 0 atom stereocenters. The Kier molecular flexibility index (Phi) is 5.34. The number of aromatic nitrogens is 2. The highest BCUT2D eigenvalue weighted by atomic mass is 16.5. The van der Waals surface area contributed by atoms with E-state index in [9.17, 15) is 0 Å². The van der Waals surface area contributed by atoms with Gasteiger partial charge in [0.2, 0.25) is 5.88 Å². The molecule has 0 aliphatic heterocycles. The molecule has 1 heterocycles. The number of hydrogen-bond acceptors (Lipinski definition) is 6. The number of nitrogens with zero attached hydrogens (tertiary/aromatic N) is 2. The number of nitrogens with two attached hydrogens (primary N) is 1. The zero-order chi connectivity index (χ0) is 15.1. The van der Waals surface area contributed by atoms with Crippen molar-refractivity contribution in [2.45, 2.75) is 13.3 Å². The van der Waals surface area contributed by atoms with Crippen LogP contribution in [0.15, 0.2) is 30.6 Å². The molecule has 2 aromatic rings. The molecule has 3 N–H and O–H groups in total. The molecular weight excluding hydrogens is 268 g/mol. The SMILES string of the molecule is COCCCNc1ncnc(Oc2ccc(C)cc2)c1N. The third kappa shape index (κ3) is 4.32. The molecule has 0 bridgehead atoms. The van der Waals surface area contributed by atoms with Gasteiger partial charge < -0.3 is 20.5 Å². The number of rotatable bonds is 7. The van der Waals surface area contributed by atoms with Crippen LogP contribution >= 0.6 is 0 Å². The molecule has 6 nitrogen and oxygen atoms in total. The molecular formula is C15H20N4O2. The van der Waals surface area contributed by atoms with Gasteiger partial charge in [-0.15, -0.1) is 0 Å². The number of benzene rings is 1. The van der Waals surface area contributed by atoms with E-state index in [1.807, 2.05) is 31.2 Å². The third-order valence-corrected chi connectivity index (χ3v) is 2.90. The van der Waals surface area contributed by atoms with E-state index in [-0.39, 0.29) is 0 Å². The first kappa shape index (κ1) is 15.1. The predicted molar refractivity (Wildman–Crippen MR) is 82.7 cm³/mol. The minimum atomic E-state index is 0.350. The van der Waals surface area contributed by atoms with Crippen molar-refractivity contribution in [1.82, 2.24) is 9.97 Å². The molecule has 0 fully saturated rings. The molecule has 0 aliphatic carbocycles. The molecule has 0 aliphatic rings. The second-order valence-corrected chi connectivity index (χ2v) is 4.63. The lowest BCUT2D eigenvalue weighted by Crippen LogP contribution is -2.09. The molecule has 0 amide bonds. The van der Waals surface area contributed by atoms with Crippen molar-refractivity contribution in [3.05, 3.63) is 36.2 Å². The summed E-state index contributed by atoms with van der Waals surface area (Å²) in [5, 5.41) is 3.15. The van der Waals surface area contributed by atoms with Crippen LogP contribution in [-0.4, -0.2) is 30.2 Å². The van der Waals surface area contributed by atoms with Crippen molar-refractivity contribution in [2.75, 3.05) is 31.3 Å². The Bertz CT molecular complexity index is 572. The lowest BCUT2D eigenvalue weighted by Gasteiger charge is -2.11. The quantitative estimate of drug-likeness (QED) is 0.762. The van der Waals surface area contributed by atoms with Crippen LogP contribution in [0.1, 0.15) is 12.0 Å². The van der Waals surface area contributed by atoms with E-state index in [1.54, 1.807) is 7.11 Å². The molecule has 0 saturated heterocycles. The van der Waals surface area contributed by atoms with Crippen molar-refractivity contribution in [3.8, 4) is 11.6 Å². The Morgan fingerprint density at radius 2 is 1.95 bits per heavy atom. The first-order valence-electron chi connectivity index (χ1n) is 6.78. The third-order valence-electron chi connectivity index (χ3n) is 2.90. The molecule has 0 radical (unpaired) electrons. The maximum Gasteiger partial charge on any atom is 0.248 e. The Morgan fingerprint density at radius 3 is 2.67 bits per heavy atom. The number of nitrogen functional groups attached to an aromatic ring is 1. The highest BCUT2D eigenvalue weighted by Crippen LogP contribution is 2.29. The number of ether oxygens (including phenoxy) is 2. The number of aryl methyl sites for hydroxylation is 1. The summed E-state index contributed by atoms with van der Waals surface area (Å²) >= 11 is 0. The zero-order valence-corrected chi connectivity index (χ0v) is 12.3. The fraction of sp³-hybridized carbons (Fsp3) is 0.333. The number of hydrogen-bond donors (Lipinski definition) is 2. The molecule has 21 heavy (non-hydrogen) atoms. The van der Waals surface area contributed by atoms with Gasteiger partial charge in [0.25, 0.3) is 0 Å². The summed E-state index contributed by atoms with van der Waals surface area (Å²) in [7, 11) is 1.67. The van der Waals surface area contributed by atoms with Crippen LogP contribution in [0.5, 0.6) is 11.6 Å². The van der Waals surface area contributed by atoms with Gasteiger partial charge in [0.1, 0.15) is 17.8 Å². The first-order valence-corrected chi connectivity index (χ1v) is 6.78. The maximum absolute atomic E-state index is 6.03. The predicted octanol–water partition coefficient (Wildman–Crippen LogP) is 2.61. The largest absolute Gasteiger partial charge is 0.437 e. The van der Waals surface area contributed by atoms with E-state index < -0.39 is 0 Å². The summed E-state index contributed by atoms with van der Waals surface area (Å²) < 4.78 is 10.7. The van der Waals surface area contributed by atoms with Crippen LogP contribution in [0, 0.1) is 6.92 Å². The molecule has 6 heteroatoms. The second-order valence-electron chi connectivity index (χ2n) is 4.63. The van der Waals surface area contributed by atoms with Crippen LogP contribution in [0.2, 0.25) is 0 Å². The smallest absolute Gasteiger partial charge is 0.248 e. The standard InChI is InChI=1S/C15H20N4O2/c1-11-4-6-12(7-5-11)21-15-13(16)14(18-10-19-15)17-8-3-9-20-2/h4-7,10H,3,8-9,16H2,1-2H3,(H,17,18,19). The Morgan fingerprint density at radius 1 is 1.19 bits per heavy atom. The highest BCUT2D eigenvalue weighted by Gasteiger charge is 2.09. The summed E-state index contributed by atoms with van der Waals surface area (Å²) in [6.07, 6.45) is 2.30. The molecule has 112 valence electrons. The fourth-order valence-electron chi connectivity index (χ4n) is 1.74. The summed E-state index contributed by atoms with van der Waals surface area (Å²) in [5.74, 6) is 1.61. The molecule has 2 rings (SSSR count). The van der Waals surface area contributed by atoms with E-state index in [0.717, 1.165) is 13.0 Å². The van der Waals surface area contributed by atoms with Crippen LogP contribution in [0.3, 0.4) is 0 Å². The van der Waals surface area contributed by atoms with Crippen LogP contribution < -0.4 is 15.8 Å². The van der Waals surface area contributed by atoms with E-state index in [0.29, 0.717) is 29.7 Å². The highest BCUT2D eigenvalue weighted by molar-refractivity contribution is 5.66. The van der Waals surface area contributed by atoms with E-state index in [2.05, 4.69) is 15.3 Å². The maximum atomic E-state index is 6.03. The molecule has 0 unspecified atom stereocenters. The second kappa shape index (κ2) is 7.44. The van der Waals surface area contributed by atoms with Gasteiger partial charge in [-0.1, -0.05) is 17.7 Å². The van der Waals surface area contributed by atoms with Gasteiger partial charge in [-0.05, 0) is 25.5 Å². The van der Waals surface area contributed by atoms with Gasteiger partial charge in [-0.25, -0.2) is 4.98 Å².